The highest BCUT2D eigenvalue weighted by Gasteiger charge is 2.32. The van der Waals surface area contributed by atoms with Gasteiger partial charge in [-0.1, -0.05) is 25.3 Å². The van der Waals surface area contributed by atoms with Gasteiger partial charge < -0.3 is 24.9 Å². The molecule has 1 aliphatic carbocycles. The number of fused-ring (bicyclic) bond motifs is 1. The minimum Gasteiger partial charge on any atom is -0.418 e. The topological polar surface area (TPSA) is 85.1 Å². The molecule has 1 aliphatic heterocycles. The van der Waals surface area contributed by atoms with Crippen molar-refractivity contribution in [3.8, 4) is 11.6 Å². The molecule has 190 valence electrons. The molecule has 2 aromatic heterocycles. The molecule has 5 rings (SSSR count). The number of hydrogen-bond acceptors (Lipinski definition) is 6. The summed E-state index contributed by atoms with van der Waals surface area (Å²) >= 11 is 0. The van der Waals surface area contributed by atoms with Crippen LogP contribution in [0.4, 0.5) is 18.9 Å². The molecule has 1 saturated carbocycles. The highest BCUT2D eigenvalue weighted by Crippen LogP contribution is 2.37. The first-order chi connectivity index (χ1) is 16.8. The number of nitrogens with two attached hydrogens (primary N) is 1. The summed E-state index contributed by atoms with van der Waals surface area (Å²) in [5, 5.41) is 12.5. The first-order valence-electron chi connectivity index (χ1n) is 12.5. The number of piperidine rings is 1. The van der Waals surface area contributed by atoms with E-state index in [0.29, 0.717) is 16.8 Å². The van der Waals surface area contributed by atoms with Crippen LogP contribution in [0.25, 0.3) is 22.5 Å². The van der Waals surface area contributed by atoms with Gasteiger partial charge in [-0.05, 0) is 69.9 Å². The van der Waals surface area contributed by atoms with Crippen LogP contribution in [0.5, 0.6) is 0 Å². The highest BCUT2D eigenvalue weighted by atomic mass is 19.4. The summed E-state index contributed by atoms with van der Waals surface area (Å²) in [7, 11) is 2.10. The molecule has 3 heterocycles. The van der Waals surface area contributed by atoms with Crippen LogP contribution < -0.4 is 11.1 Å². The van der Waals surface area contributed by atoms with Crippen LogP contribution in [0.3, 0.4) is 0 Å². The molecule has 1 atom stereocenters. The molecule has 0 amide bonds. The number of hydrogen-bond donors (Lipinski definition) is 2. The molecule has 3 aromatic rings. The number of nitrogens with one attached hydrogen (secondary N) is 1. The van der Waals surface area contributed by atoms with Gasteiger partial charge in [0.2, 0.25) is 5.89 Å². The molecule has 2 fully saturated rings. The fourth-order valence-electron chi connectivity index (χ4n) is 5.48. The molecule has 3 N–H and O–H groups in total. The van der Waals surface area contributed by atoms with Crippen LogP contribution in [0, 0.1) is 5.92 Å². The quantitative estimate of drug-likeness (QED) is 0.485. The van der Waals surface area contributed by atoms with Gasteiger partial charge in [0.05, 0.1) is 11.6 Å². The van der Waals surface area contributed by atoms with Crippen LogP contribution in [0.15, 0.2) is 28.7 Å². The average Bonchev–Trinajstić information content (AvgIpc) is 3.46. The van der Waals surface area contributed by atoms with E-state index in [9.17, 15) is 13.2 Å². The Labute approximate surface area is 202 Å². The standard InChI is InChI=1S/C25H33F3N6O/c1-33-12-10-17(11-13-33)30-19-8-5-9-20-18(19)14-21(34(20)15-25(26,27)28)23-31-32-24(35-23)22(29)16-6-3-2-4-7-16/h5,8-9,14,16-17,22,30H,2-4,6-7,10-13,15,29H2,1H3. The molecule has 1 unspecified atom stereocenters. The van der Waals surface area contributed by atoms with E-state index in [-0.39, 0.29) is 23.5 Å². The Kier molecular flexibility index (Phi) is 6.76. The van der Waals surface area contributed by atoms with Crippen LogP contribution in [0.2, 0.25) is 0 Å². The van der Waals surface area contributed by atoms with Crippen molar-refractivity contribution in [3.05, 3.63) is 30.2 Å². The van der Waals surface area contributed by atoms with Crippen molar-refractivity contribution in [3.63, 3.8) is 0 Å². The Morgan fingerprint density at radius 1 is 1.11 bits per heavy atom. The van der Waals surface area contributed by atoms with Gasteiger partial charge in [0, 0.05) is 17.1 Å². The summed E-state index contributed by atoms with van der Waals surface area (Å²) in [6.45, 7) is 0.829. The lowest BCUT2D eigenvalue weighted by Crippen LogP contribution is -2.36. The predicted molar refractivity (Wildman–Crippen MR) is 129 cm³/mol. The normalized spacial score (nSPS) is 19.9. The number of rotatable bonds is 6. The fourth-order valence-corrected chi connectivity index (χ4v) is 5.48. The maximum absolute atomic E-state index is 13.6. The van der Waals surface area contributed by atoms with Crippen molar-refractivity contribution >= 4 is 16.6 Å². The Morgan fingerprint density at radius 2 is 1.86 bits per heavy atom. The number of alkyl halides is 3. The lowest BCUT2D eigenvalue weighted by molar-refractivity contribution is -0.139. The molecular formula is C25H33F3N6O. The second kappa shape index (κ2) is 9.81. The van der Waals surface area contributed by atoms with E-state index in [1.807, 2.05) is 6.07 Å². The van der Waals surface area contributed by atoms with Crippen molar-refractivity contribution < 1.29 is 17.6 Å². The lowest BCUT2D eigenvalue weighted by atomic mass is 9.84. The number of aromatic nitrogens is 3. The Hall–Kier alpha value is -2.59. The van der Waals surface area contributed by atoms with Gasteiger partial charge in [0.25, 0.3) is 5.89 Å². The molecule has 0 bridgehead atoms. The number of anilines is 1. The third kappa shape index (κ3) is 5.33. The van der Waals surface area contributed by atoms with Crippen LogP contribution in [-0.4, -0.2) is 52.0 Å². The molecule has 1 saturated heterocycles. The van der Waals surface area contributed by atoms with Gasteiger partial charge in [-0.3, -0.25) is 0 Å². The Bertz CT molecular complexity index is 1140. The first kappa shape index (κ1) is 24.1. The van der Waals surface area contributed by atoms with E-state index in [2.05, 4.69) is 27.5 Å². The summed E-state index contributed by atoms with van der Waals surface area (Å²) in [6.07, 6.45) is 2.99. The van der Waals surface area contributed by atoms with E-state index >= 15 is 0 Å². The number of benzene rings is 1. The minimum absolute atomic E-state index is 0.0666. The first-order valence-corrected chi connectivity index (χ1v) is 12.5. The van der Waals surface area contributed by atoms with Crippen LogP contribution in [-0.2, 0) is 6.54 Å². The van der Waals surface area contributed by atoms with Crippen molar-refractivity contribution in [2.45, 2.75) is 69.8 Å². The lowest BCUT2D eigenvalue weighted by Gasteiger charge is -2.30. The third-order valence-electron chi connectivity index (χ3n) is 7.46. The van der Waals surface area contributed by atoms with E-state index in [4.69, 9.17) is 10.2 Å². The Morgan fingerprint density at radius 3 is 2.57 bits per heavy atom. The minimum atomic E-state index is -4.40. The van der Waals surface area contributed by atoms with E-state index < -0.39 is 18.8 Å². The zero-order valence-corrected chi connectivity index (χ0v) is 20.0. The zero-order chi connectivity index (χ0) is 24.6. The van der Waals surface area contributed by atoms with Crippen molar-refractivity contribution in [2.75, 3.05) is 25.5 Å². The highest BCUT2D eigenvalue weighted by molar-refractivity contribution is 5.96. The average molecular weight is 491 g/mol. The molecule has 7 nitrogen and oxygen atoms in total. The summed E-state index contributed by atoms with van der Waals surface area (Å²) in [5.41, 5.74) is 7.97. The second-order valence-electron chi connectivity index (χ2n) is 10.1. The largest absolute Gasteiger partial charge is 0.418 e. The number of halogens is 3. The smallest absolute Gasteiger partial charge is 0.406 e. The molecule has 0 radical (unpaired) electrons. The van der Waals surface area contributed by atoms with Crippen molar-refractivity contribution in [2.24, 2.45) is 11.7 Å². The second-order valence-corrected chi connectivity index (χ2v) is 10.1. The maximum atomic E-state index is 13.6. The molecule has 2 aliphatic rings. The van der Waals surface area contributed by atoms with E-state index in [1.54, 1.807) is 18.2 Å². The van der Waals surface area contributed by atoms with E-state index in [0.717, 1.165) is 57.3 Å². The summed E-state index contributed by atoms with van der Waals surface area (Å²) in [5.74, 6) is 0.612. The van der Waals surface area contributed by atoms with Crippen LogP contribution >= 0.6 is 0 Å². The van der Waals surface area contributed by atoms with Gasteiger partial charge in [0.1, 0.15) is 12.2 Å². The SMILES string of the molecule is CN1CCC(Nc2cccc3c2cc(-c2nnc(C(N)C4CCCCC4)o2)n3CC(F)(F)F)CC1. The molecule has 0 spiro atoms. The number of likely N-dealkylation sites (tertiary alicyclic amines) is 1. The monoisotopic (exact) mass is 490 g/mol. The molecule has 35 heavy (non-hydrogen) atoms. The summed E-state index contributed by atoms with van der Waals surface area (Å²) in [4.78, 5) is 2.28. The Balaban J connectivity index is 1.49. The summed E-state index contributed by atoms with van der Waals surface area (Å²) < 4.78 is 47.9. The predicted octanol–water partition coefficient (Wildman–Crippen LogP) is 5.34. The van der Waals surface area contributed by atoms with Gasteiger partial charge in [-0.15, -0.1) is 10.2 Å². The van der Waals surface area contributed by atoms with E-state index in [1.165, 1.54) is 11.0 Å². The van der Waals surface area contributed by atoms with Crippen molar-refractivity contribution in [1.29, 1.82) is 0 Å². The van der Waals surface area contributed by atoms with Crippen LogP contribution in [0.1, 0.15) is 56.9 Å². The third-order valence-corrected chi connectivity index (χ3v) is 7.46. The zero-order valence-electron chi connectivity index (χ0n) is 20.0. The van der Waals surface area contributed by atoms with Crippen molar-refractivity contribution in [1.82, 2.24) is 19.7 Å². The van der Waals surface area contributed by atoms with Gasteiger partial charge in [-0.2, -0.15) is 13.2 Å². The van der Waals surface area contributed by atoms with Gasteiger partial charge >= 0.3 is 6.18 Å². The number of nitrogens with zero attached hydrogens (tertiary/aromatic N) is 4. The molecule has 10 heteroatoms. The van der Waals surface area contributed by atoms with Gasteiger partial charge in [-0.25, -0.2) is 0 Å². The maximum Gasteiger partial charge on any atom is 0.406 e. The van der Waals surface area contributed by atoms with Gasteiger partial charge in [0.15, 0.2) is 0 Å². The fraction of sp³-hybridized carbons (Fsp3) is 0.600. The summed E-state index contributed by atoms with van der Waals surface area (Å²) in [6, 6.07) is 7.00. The molecule has 1 aromatic carbocycles. The molecular weight excluding hydrogens is 457 g/mol.